The highest BCUT2D eigenvalue weighted by Crippen LogP contribution is 2.36. The normalized spacial score (nSPS) is 11.1. The number of hydrogen-bond acceptors (Lipinski definition) is 5. The number of pyridine rings is 1. The molecule has 0 aliphatic carbocycles. The molecule has 0 unspecified atom stereocenters. The Hall–Kier alpha value is -2.15. The number of methoxy groups -OCH3 is 1. The lowest BCUT2D eigenvalue weighted by molar-refractivity contribution is 0.0801. The van der Waals surface area contributed by atoms with Gasteiger partial charge in [-0.25, -0.2) is 9.37 Å². The monoisotopic (exact) mass is 398 g/mol. The quantitative estimate of drug-likeness (QED) is 0.420. The molecule has 0 bridgehead atoms. The molecule has 8 heteroatoms. The van der Waals surface area contributed by atoms with E-state index in [9.17, 15) is 9.18 Å². The number of allylic oxidation sites excluding steroid dienone is 1. The maximum atomic E-state index is 14.6. The molecule has 2 aromatic rings. The largest absolute Gasteiger partial charge is 0.492 e. The average molecular weight is 399 g/mol. The van der Waals surface area contributed by atoms with Gasteiger partial charge in [-0.3, -0.25) is 4.79 Å². The highest BCUT2D eigenvalue weighted by molar-refractivity contribution is 6.36. The van der Waals surface area contributed by atoms with Crippen LogP contribution in [0.4, 0.5) is 10.1 Å². The molecule has 0 radical (unpaired) electrons. The summed E-state index contributed by atoms with van der Waals surface area (Å²) < 4.78 is 24.8. The Kier molecular flexibility index (Phi) is 6.97. The van der Waals surface area contributed by atoms with Crippen LogP contribution in [0.25, 0.3) is 11.3 Å². The number of nitrogen functional groups attached to an aromatic ring is 1. The Labute approximate surface area is 160 Å². The second-order valence-electron chi connectivity index (χ2n) is 5.21. The average Bonchev–Trinajstić information content (AvgIpc) is 2.61. The third-order valence-electron chi connectivity index (χ3n) is 3.46. The molecule has 0 spiro atoms. The number of nitrogens with zero attached hydrogens (tertiary/aromatic N) is 1. The van der Waals surface area contributed by atoms with Gasteiger partial charge in [0, 0.05) is 5.56 Å². The number of hydrogen-bond donors (Lipinski definition) is 1. The van der Waals surface area contributed by atoms with Gasteiger partial charge in [0.05, 0.1) is 35.1 Å². The molecule has 2 rings (SSSR count). The second kappa shape index (κ2) is 8.98. The van der Waals surface area contributed by atoms with Crippen molar-refractivity contribution in [1.29, 1.82) is 0 Å². The molecule has 26 heavy (non-hydrogen) atoms. The molecule has 1 heterocycles. The summed E-state index contributed by atoms with van der Waals surface area (Å²) in [5, 5.41) is 0.110. The number of benzene rings is 1. The fourth-order valence-electron chi connectivity index (χ4n) is 2.17. The van der Waals surface area contributed by atoms with Crippen LogP contribution in [0.2, 0.25) is 10.0 Å². The number of carbonyl (C=O) groups is 1. The highest BCUT2D eigenvalue weighted by atomic mass is 35.5. The number of rotatable bonds is 7. The van der Waals surface area contributed by atoms with E-state index in [0.29, 0.717) is 0 Å². The van der Waals surface area contributed by atoms with Crippen LogP contribution in [0.3, 0.4) is 0 Å². The maximum absolute atomic E-state index is 14.6. The van der Waals surface area contributed by atoms with Gasteiger partial charge in [0.15, 0.2) is 11.6 Å². The standard InChI is InChI=1S/C18H17Cl2FN2O3/c1-3-4-7-26-9-14(24)17-15(20)12(22)8-13(23-17)10-5-6-11(19)18(25-2)16(10)21/h3-6,8H,7,9H2,1-2H3,(H2,22,23)/b4-3+. The molecule has 2 N–H and O–H groups in total. The molecule has 0 amide bonds. The number of anilines is 1. The van der Waals surface area contributed by atoms with E-state index >= 15 is 0 Å². The molecule has 5 nitrogen and oxygen atoms in total. The molecule has 0 aliphatic rings. The van der Waals surface area contributed by atoms with Gasteiger partial charge in [-0.15, -0.1) is 0 Å². The molecular formula is C18H17Cl2FN2O3. The van der Waals surface area contributed by atoms with Gasteiger partial charge in [0.25, 0.3) is 0 Å². The van der Waals surface area contributed by atoms with Crippen molar-refractivity contribution < 1.29 is 18.7 Å². The van der Waals surface area contributed by atoms with Crippen molar-refractivity contribution in [3.05, 3.63) is 51.9 Å². The Bertz CT molecular complexity index is 857. The number of carbonyl (C=O) groups excluding carboxylic acids is 1. The SMILES string of the molecule is C/C=C/COCC(=O)c1nc(-c2ccc(Cl)c(OC)c2F)cc(N)c1Cl. The van der Waals surface area contributed by atoms with Crippen molar-refractivity contribution in [2.24, 2.45) is 0 Å². The summed E-state index contributed by atoms with van der Waals surface area (Å²) in [7, 11) is 1.30. The van der Waals surface area contributed by atoms with E-state index in [-0.39, 0.29) is 51.6 Å². The zero-order valence-corrected chi connectivity index (χ0v) is 15.7. The third-order valence-corrected chi connectivity index (χ3v) is 4.16. The molecule has 0 atom stereocenters. The third kappa shape index (κ3) is 4.33. The van der Waals surface area contributed by atoms with Crippen LogP contribution in [-0.2, 0) is 4.74 Å². The summed E-state index contributed by atoms with van der Waals surface area (Å²) in [4.78, 5) is 16.5. The zero-order chi connectivity index (χ0) is 19.3. The van der Waals surface area contributed by atoms with Crippen molar-refractivity contribution in [3.63, 3.8) is 0 Å². The molecule has 1 aromatic heterocycles. The van der Waals surface area contributed by atoms with Crippen LogP contribution in [-0.4, -0.2) is 31.1 Å². The summed E-state index contributed by atoms with van der Waals surface area (Å²) in [5.41, 5.74) is 6.10. The molecule has 0 saturated heterocycles. The van der Waals surface area contributed by atoms with E-state index < -0.39 is 11.6 Å². The van der Waals surface area contributed by atoms with Gasteiger partial charge in [-0.1, -0.05) is 35.4 Å². The first kappa shape index (κ1) is 20.2. The predicted molar refractivity (Wildman–Crippen MR) is 101 cm³/mol. The molecule has 0 saturated carbocycles. The molecule has 0 fully saturated rings. The summed E-state index contributed by atoms with van der Waals surface area (Å²) >= 11 is 12.0. The van der Waals surface area contributed by atoms with Gasteiger partial charge in [0.1, 0.15) is 12.3 Å². The number of halogens is 3. The van der Waals surface area contributed by atoms with Gasteiger partial charge >= 0.3 is 0 Å². The minimum Gasteiger partial charge on any atom is -0.492 e. The fourth-order valence-corrected chi connectivity index (χ4v) is 2.60. The topological polar surface area (TPSA) is 74.4 Å². The Morgan fingerprint density at radius 2 is 2.12 bits per heavy atom. The van der Waals surface area contributed by atoms with Gasteiger partial charge in [0.2, 0.25) is 5.78 Å². The van der Waals surface area contributed by atoms with Gasteiger partial charge in [-0.2, -0.15) is 0 Å². The molecule has 0 aliphatic heterocycles. The van der Waals surface area contributed by atoms with E-state index in [1.807, 2.05) is 6.92 Å². The lowest BCUT2D eigenvalue weighted by Crippen LogP contribution is -2.13. The van der Waals surface area contributed by atoms with E-state index in [1.165, 1.54) is 25.3 Å². The first-order valence-electron chi connectivity index (χ1n) is 7.61. The van der Waals surface area contributed by atoms with Crippen LogP contribution in [0.5, 0.6) is 5.75 Å². The van der Waals surface area contributed by atoms with Gasteiger partial charge in [-0.05, 0) is 25.1 Å². The van der Waals surface area contributed by atoms with Crippen molar-refractivity contribution >= 4 is 34.7 Å². The first-order chi connectivity index (χ1) is 12.4. The Morgan fingerprint density at radius 3 is 2.77 bits per heavy atom. The van der Waals surface area contributed by atoms with Crippen LogP contribution in [0, 0.1) is 5.82 Å². The zero-order valence-electron chi connectivity index (χ0n) is 14.2. The minimum atomic E-state index is -0.711. The van der Waals surface area contributed by atoms with Crippen LogP contribution < -0.4 is 10.5 Å². The summed E-state index contributed by atoms with van der Waals surface area (Å²) in [6.45, 7) is 1.88. The lowest BCUT2D eigenvalue weighted by Gasteiger charge is -2.12. The number of aromatic nitrogens is 1. The smallest absolute Gasteiger partial charge is 0.208 e. The van der Waals surface area contributed by atoms with E-state index in [2.05, 4.69) is 4.98 Å². The number of nitrogens with two attached hydrogens (primary N) is 1. The number of ether oxygens (including phenoxy) is 2. The van der Waals surface area contributed by atoms with Gasteiger partial charge < -0.3 is 15.2 Å². The van der Waals surface area contributed by atoms with Crippen molar-refractivity contribution in [2.75, 3.05) is 26.1 Å². The summed E-state index contributed by atoms with van der Waals surface area (Å²) in [6, 6.07) is 4.27. The highest BCUT2D eigenvalue weighted by Gasteiger charge is 2.20. The second-order valence-corrected chi connectivity index (χ2v) is 5.99. The Morgan fingerprint density at radius 1 is 1.38 bits per heavy atom. The van der Waals surface area contributed by atoms with Crippen molar-refractivity contribution in [1.82, 2.24) is 4.98 Å². The van der Waals surface area contributed by atoms with Crippen molar-refractivity contribution in [3.8, 4) is 17.0 Å². The van der Waals surface area contributed by atoms with Crippen molar-refractivity contribution in [2.45, 2.75) is 6.92 Å². The number of Topliss-reactive ketones (excluding diaryl/α,β-unsaturated/α-hetero) is 1. The van der Waals surface area contributed by atoms with Crippen LogP contribution >= 0.6 is 23.2 Å². The van der Waals surface area contributed by atoms with Crippen LogP contribution in [0.15, 0.2) is 30.4 Å². The minimum absolute atomic E-state index is 0.00489. The maximum Gasteiger partial charge on any atom is 0.208 e. The summed E-state index contributed by atoms with van der Waals surface area (Å²) in [6.07, 6.45) is 3.55. The summed E-state index contributed by atoms with van der Waals surface area (Å²) in [5.74, 6) is -1.30. The lowest BCUT2D eigenvalue weighted by atomic mass is 10.1. The molecule has 1 aromatic carbocycles. The van der Waals surface area contributed by atoms with E-state index in [0.717, 1.165) is 0 Å². The first-order valence-corrected chi connectivity index (χ1v) is 8.36. The van der Waals surface area contributed by atoms with Crippen LogP contribution in [0.1, 0.15) is 17.4 Å². The fraction of sp³-hybridized carbons (Fsp3) is 0.222. The van der Waals surface area contributed by atoms with E-state index in [4.69, 9.17) is 38.4 Å². The number of ketones is 1. The van der Waals surface area contributed by atoms with E-state index in [1.54, 1.807) is 12.2 Å². The molecule has 138 valence electrons. The predicted octanol–water partition coefficient (Wildman–Crippen LogP) is 4.56. The Balaban J connectivity index is 2.44. The molecular weight excluding hydrogens is 382 g/mol.